The fourth-order valence-corrected chi connectivity index (χ4v) is 2.51. The first kappa shape index (κ1) is 17.2. The molecule has 7 heteroatoms. The van der Waals surface area contributed by atoms with E-state index in [1.165, 1.54) is 0 Å². The summed E-state index contributed by atoms with van der Waals surface area (Å²) in [5.41, 5.74) is 1.41. The number of hydrogen-bond donors (Lipinski definition) is 1. The number of aromatic nitrogens is 1. The van der Waals surface area contributed by atoms with Crippen molar-refractivity contribution in [2.45, 2.75) is 6.42 Å². The number of pyridine rings is 1. The van der Waals surface area contributed by atoms with Crippen molar-refractivity contribution in [3.63, 3.8) is 0 Å². The van der Waals surface area contributed by atoms with E-state index in [1.54, 1.807) is 11.1 Å². The Balaban J connectivity index is 1.89. The summed E-state index contributed by atoms with van der Waals surface area (Å²) in [5.74, 6) is -0.142. The van der Waals surface area contributed by atoms with E-state index in [9.17, 15) is 9.59 Å². The number of hydrogen-bond acceptors (Lipinski definition) is 5. The smallest absolute Gasteiger partial charge is 0.269 e. The molecule has 1 aliphatic heterocycles. The number of anilines is 1. The standard InChI is InChI=1S/C16H25N5O2/c1-19(2)7-3-5-18-16(23)15-12-14(4-6-17-15)21-10-8-20(13-22)9-11-21/h4,6,12-13H,3,5,7-11H2,1-2H3,(H,18,23). The van der Waals surface area contributed by atoms with Crippen LogP contribution in [0, 0.1) is 0 Å². The number of nitrogens with zero attached hydrogens (tertiary/aromatic N) is 4. The normalized spacial score (nSPS) is 14.9. The Morgan fingerprint density at radius 3 is 2.74 bits per heavy atom. The number of carbonyl (C=O) groups excluding carboxylic acids is 2. The first-order valence-corrected chi connectivity index (χ1v) is 7.93. The third-order valence-corrected chi connectivity index (χ3v) is 3.87. The van der Waals surface area contributed by atoms with Crippen molar-refractivity contribution >= 4 is 18.0 Å². The van der Waals surface area contributed by atoms with Gasteiger partial charge < -0.3 is 20.0 Å². The number of piperazine rings is 1. The van der Waals surface area contributed by atoms with Crippen LogP contribution in [0.4, 0.5) is 5.69 Å². The molecule has 2 amide bonds. The Morgan fingerprint density at radius 2 is 2.09 bits per heavy atom. The van der Waals surface area contributed by atoms with Crippen molar-refractivity contribution < 1.29 is 9.59 Å². The average Bonchev–Trinajstić information content (AvgIpc) is 2.58. The first-order chi connectivity index (χ1) is 11.1. The molecule has 23 heavy (non-hydrogen) atoms. The van der Waals surface area contributed by atoms with E-state index in [2.05, 4.69) is 20.1 Å². The number of carbonyl (C=O) groups is 2. The molecular weight excluding hydrogens is 294 g/mol. The summed E-state index contributed by atoms with van der Waals surface area (Å²) in [4.78, 5) is 33.1. The van der Waals surface area contributed by atoms with Gasteiger partial charge in [-0.05, 0) is 39.2 Å². The van der Waals surface area contributed by atoms with Gasteiger partial charge in [0.25, 0.3) is 5.91 Å². The number of amides is 2. The molecule has 0 radical (unpaired) electrons. The van der Waals surface area contributed by atoms with Crippen LogP contribution >= 0.6 is 0 Å². The summed E-state index contributed by atoms with van der Waals surface area (Å²) >= 11 is 0. The molecule has 0 bridgehead atoms. The molecule has 0 saturated carbocycles. The molecule has 7 nitrogen and oxygen atoms in total. The third-order valence-electron chi connectivity index (χ3n) is 3.87. The predicted molar refractivity (Wildman–Crippen MR) is 89.6 cm³/mol. The zero-order chi connectivity index (χ0) is 16.7. The second-order valence-electron chi connectivity index (χ2n) is 5.94. The zero-order valence-electron chi connectivity index (χ0n) is 13.9. The lowest BCUT2D eigenvalue weighted by molar-refractivity contribution is -0.118. The molecule has 0 unspecified atom stereocenters. The highest BCUT2D eigenvalue weighted by Gasteiger charge is 2.17. The average molecular weight is 319 g/mol. The molecule has 1 saturated heterocycles. The van der Waals surface area contributed by atoms with Crippen LogP contribution in [-0.2, 0) is 4.79 Å². The van der Waals surface area contributed by atoms with Crippen LogP contribution in [0.1, 0.15) is 16.9 Å². The summed E-state index contributed by atoms with van der Waals surface area (Å²) in [6, 6.07) is 3.72. The van der Waals surface area contributed by atoms with Gasteiger partial charge in [-0.2, -0.15) is 0 Å². The number of nitrogens with one attached hydrogen (secondary N) is 1. The Morgan fingerprint density at radius 1 is 1.35 bits per heavy atom. The highest BCUT2D eigenvalue weighted by Crippen LogP contribution is 2.16. The minimum Gasteiger partial charge on any atom is -0.368 e. The van der Waals surface area contributed by atoms with Crippen LogP contribution in [0.2, 0.25) is 0 Å². The maximum atomic E-state index is 12.2. The highest BCUT2D eigenvalue weighted by molar-refractivity contribution is 5.93. The molecule has 1 fully saturated rings. The minimum absolute atomic E-state index is 0.142. The molecular formula is C16H25N5O2. The van der Waals surface area contributed by atoms with Gasteiger partial charge in [0.1, 0.15) is 5.69 Å². The van der Waals surface area contributed by atoms with Gasteiger partial charge in [-0.15, -0.1) is 0 Å². The van der Waals surface area contributed by atoms with Gasteiger partial charge in [-0.3, -0.25) is 14.6 Å². The SMILES string of the molecule is CN(C)CCCNC(=O)c1cc(N2CCN(C=O)CC2)ccn1. The van der Waals surface area contributed by atoms with E-state index in [4.69, 9.17) is 0 Å². The van der Waals surface area contributed by atoms with Crippen molar-refractivity contribution in [1.29, 1.82) is 0 Å². The molecule has 1 aliphatic rings. The largest absolute Gasteiger partial charge is 0.368 e. The maximum Gasteiger partial charge on any atom is 0.269 e. The maximum absolute atomic E-state index is 12.2. The van der Waals surface area contributed by atoms with Gasteiger partial charge >= 0.3 is 0 Å². The summed E-state index contributed by atoms with van der Waals surface area (Å²) in [6.45, 7) is 4.53. The summed E-state index contributed by atoms with van der Waals surface area (Å²) in [5, 5.41) is 2.90. The molecule has 0 aromatic carbocycles. The van der Waals surface area contributed by atoms with Gasteiger partial charge in [0, 0.05) is 44.6 Å². The Bertz CT molecular complexity index is 527. The fraction of sp³-hybridized carbons (Fsp3) is 0.562. The van der Waals surface area contributed by atoms with Crippen molar-refractivity contribution in [1.82, 2.24) is 20.1 Å². The monoisotopic (exact) mass is 319 g/mol. The summed E-state index contributed by atoms with van der Waals surface area (Å²) in [7, 11) is 4.02. The molecule has 1 N–H and O–H groups in total. The summed E-state index contributed by atoms with van der Waals surface area (Å²) in [6.07, 6.45) is 3.46. The minimum atomic E-state index is -0.142. The lowest BCUT2D eigenvalue weighted by Crippen LogP contribution is -2.45. The van der Waals surface area contributed by atoms with Gasteiger partial charge in [-0.1, -0.05) is 0 Å². The molecule has 0 atom stereocenters. The molecule has 2 heterocycles. The van der Waals surface area contributed by atoms with Crippen molar-refractivity contribution in [2.75, 3.05) is 58.3 Å². The van der Waals surface area contributed by atoms with Crippen LogP contribution in [0.5, 0.6) is 0 Å². The quantitative estimate of drug-likeness (QED) is 0.568. The van der Waals surface area contributed by atoms with Gasteiger partial charge in [0.15, 0.2) is 0 Å². The Hall–Kier alpha value is -2.15. The second-order valence-corrected chi connectivity index (χ2v) is 5.94. The third kappa shape index (κ3) is 5.21. The molecule has 0 aliphatic carbocycles. The van der Waals surface area contributed by atoms with Crippen LogP contribution in [0.3, 0.4) is 0 Å². The van der Waals surface area contributed by atoms with E-state index in [-0.39, 0.29) is 5.91 Å². The lowest BCUT2D eigenvalue weighted by Gasteiger charge is -2.34. The van der Waals surface area contributed by atoms with Crippen molar-refractivity contribution in [2.24, 2.45) is 0 Å². The van der Waals surface area contributed by atoms with Crippen molar-refractivity contribution in [3.8, 4) is 0 Å². The fourth-order valence-electron chi connectivity index (χ4n) is 2.51. The van der Waals surface area contributed by atoms with E-state index >= 15 is 0 Å². The van der Waals surface area contributed by atoms with Gasteiger partial charge in [0.2, 0.25) is 6.41 Å². The van der Waals surface area contributed by atoms with Crippen molar-refractivity contribution in [3.05, 3.63) is 24.0 Å². The van der Waals surface area contributed by atoms with Crippen LogP contribution < -0.4 is 10.2 Å². The lowest BCUT2D eigenvalue weighted by atomic mass is 10.2. The van der Waals surface area contributed by atoms with Crippen LogP contribution in [0.15, 0.2) is 18.3 Å². The molecule has 1 aromatic rings. The second kappa shape index (κ2) is 8.47. The zero-order valence-corrected chi connectivity index (χ0v) is 13.9. The van der Waals surface area contributed by atoms with Crippen LogP contribution in [0.25, 0.3) is 0 Å². The summed E-state index contributed by atoms with van der Waals surface area (Å²) < 4.78 is 0. The van der Waals surface area contributed by atoms with E-state index in [1.807, 2.05) is 26.2 Å². The topological polar surface area (TPSA) is 68.8 Å². The van der Waals surface area contributed by atoms with Gasteiger partial charge in [-0.25, -0.2) is 0 Å². The predicted octanol–water partition coefficient (Wildman–Crippen LogP) is 0.0415. The van der Waals surface area contributed by atoms with E-state index in [0.717, 1.165) is 38.2 Å². The number of rotatable bonds is 7. The first-order valence-electron chi connectivity index (χ1n) is 7.93. The molecule has 1 aromatic heterocycles. The van der Waals surface area contributed by atoms with Crippen LogP contribution in [-0.4, -0.2) is 80.5 Å². The Kier molecular flexibility index (Phi) is 6.34. The Labute approximate surface area is 137 Å². The molecule has 2 rings (SSSR count). The molecule has 126 valence electrons. The van der Waals surface area contributed by atoms with E-state index < -0.39 is 0 Å². The highest BCUT2D eigenvalue weighted by atomic mass is 16.2. The molecule has 0 spiro atoms. The van der Waals surface area contributed by atoms with Gasteiger partial charge in [0.05, 0.1) is 0 Å². The van der Waals surface area contributed by atoms with E-state index in [0.29, 0.717) is 25.3 Å².